The fraction of sp³-hybridized carbons (Fsp3) is 0.636. The van der Waals surface area contributed by atoms with E-state index in [0.29, 0.717) is 12.6 Å². The molecule has 20 heavy (non-hydrogen) atoms. The molecule has 0 amide bonds. The first-order valence-corrected chi connectivity index (χ1v) is 6.30. The Balaban J connectivity index is 2.87. The predicted molar refractivity (Wildman–Crippen MR) is 77.5 cm³/mol. The molecule has 0 aliphatic heterocycles. The first-order chi connectivity index (χ1) is 9.36. The zero-order chi connectivity index (χ0) is 15.3. The van der Waals surface area contributed by atoms with Gasteiger partial charge in [0.05, 0.1) is 4.92 Å². The molecular weight excluding hydrogens is 262 g/mol. The van der Waals surface area contributed by atoms with Gasteiger partial charge in [0.25, 0.3) is 0 Å². The fourth-order valence-corrected chi connectivity index (χ4v) is 1.58. The number of anilines is 2. The Morgan fingerprint density at radius 1 is 1.45 bits per heavy atom. The molecule has 9 heteroatoms. The maximum absolute atomic E-state index is 11.1. The van der Waals surface area contributed by atoms with Crippen LogP contribution in [0.1, 0.15) is 19.5 Å². The molecule has 0 aliphatic rings. The van der Waals surface area contributed by atoms with Crippen molar-refractivity contribution < 1.29 is 4.92 Å². The van der Waals surface area contributed by atoms with Gasteiger partial charge in [-0.05, 0) is 27.8 Å². The highest BCUT2D eigenvalue weighted by molar-refractivity contribution is 5.60. The second kappa shape index (κ2) is 6.96. The van der Waals surface area contributed by atoms with E-state index in [-0.39, 0.29) is 23.1 Å². The second-order valence-corrected chi connectivity index (χ2v) is 4.73. The van der Waals surface area contributed by atoms with Crippen molar-refractivity contribution in [3.8, 4) is 0 Å². The SMILES string of the molecule is Cc1nc(NN)nc(NCCN(C)C(C)C)c1[N+](=O)[O-]. The standard InChI is InChI=1S/C11H21N7O2/c1-7(2)17(4)6-5-13-10-9(18(19)20)8(3)14-11(15-10)16-12/h7H,5-6,12H2,1-4H3,(H2,13,14,15,16). The number of nitrogens with one attached hydrogen (secondary N) is 2. The number of nitrogens with two attached hydrogens (primary N) is 1. The third-order valence-corrected chi connectivity index (χ3v) is 3.01. The first kappa shape index (κ1) is 16.1. The number of aromatic nitrogens is 2. The van der Waals surface area contributed by atoms with Gasteiger partial charge in [-0.2, -0.15) is 4.98 Å². The lowest BCUT2D eigenvalue weighted by Gasteiger charge is -2.21. The maximum atomic E-state index is 11.1. The minimum atomic E-state index is -0.496. The summed E-state index contributed by atoms with van der Waals surface area (Å²) in [6, 6.07) is 0.403. The molecule has 0 spiro atoms. The Morgan fingerprint density at radius 3 is 2.60 bits per heavy atom. The molecule has 1 rings (SSSR count). The molecule has 0 aliphatic carbocycles. The third kappa shape index (κ3) is 4.00. The van der Waals surface area contributed by atoms with Crippen LogP contribution < -0.4 is 16.6 Å². The van der Waals surface area contributed by atoms with Crippen LogP contribution in [0.5, 0.6) is 0 Å². The van der Waals surface area contributed by atoms with Crippen molar-refractivity contribution in [2.24, 2.45) is 5.84 Å². The normalized spacial score (nSPS) is 10.9. The Morgan fingerprint density at radius 2 is 2.10 bits per heavy atom. The maximum Gasteiger partial charge on any atom is 0.332 e. The zero-order valence-electron chi connectivity index (χ0n) is 12.2. The smallest absolute Gasteiger partial charge is 0.332 e. The number of likely N-dealkylation sites (N-methyl/N-ethyl adjacent to an activating group) is 1. The van der Waals surface area contributed by atoms with Crippen LogP contribution in [0.3, 0.4) is 0 Å². The predicted octanol–water partition coefficient (Wildman–Crippen LogP) is 0.731. The van der Waals surface area contributed by atoms with E-state index in [2.05, 4.69) is 39.5 Å². The summed E-state index contributed by atoms with van der Waals surface area (Å²) in [7, 11) is 1.98. The van der Waals surface area contributed by atoms with Crippen molar-refractivity contribution in [3.63, 3.8) is 0 Å². The largest absolute Gasteiger partial charge is 0.363 e. The zero-order valence-corrected chi connectivity index (χ0v) is 12.2. The second-order valence-electron chi connectivity index (χ2n) is 4.73. The highest BCUT2D eigenvalue weighted by Crippen LogP contribution is 2.25. The summed E-state index contributed by atoms with van der Waals surface area (Å²) >= 11 is 0. The van der Waals surface area contributed by atoms with Crippen molar-refractivity contribution in [3.05, 3.63) is 15.8 Å². The van der Waals surface area contributed by atoms with Gasteiger partial charge in [-0.3, -0.25) is 15.5 Å². The molecule has 0 unspecified atom stereocenters. The van der Waals surface area contributed by atoms with Crippen LogP contribution in [0.15, 0.2) is 0 Å². The summed E-state index contributed by atoms with van der Waals surface area (Å²) in [6.45, 7) is 6.98. The average molecular weight is 283 g/mol. The number of nitrogens with zero attached hydrogens (tertiary/aromatic N) is 4. The molecule has 0 atom stereocenters. The molecular formula is C11H21N7O2. The van der Waals surface area contributed by atoms with E-state index in [1.165, 1.54) is 0 Å². The quantitative estimate of drug-likeness (QED) is 0.380. The van der Waals surface area contributed by atoms with Crippen LogP contribution >= 0.6 is 0 Å². The third-order valence-electron chi connectivity index (χ3n) is 3.01. The molecule has 0 saturated carbocycles. The Labute approximate surface area is 117 Å². The number of aryl methyl sites for hydroxylation is 1. The molecule has 0 fully saturated rings. The lowest BCUT2D eigenvalue weighted by atomic mass is 10.3. The summed E-state index contributed by atoms with van der Waals surface area (Å²) in [6.07, 6.45) is 0. The van der Waals surface area contributed by atoms with Crippen LogP contribution in [0, 0.1) is 17.0 Å². The van der Waals surface area contributed by atoms with Crippen molar-refractivity contribution in [2.45, 2.75) is 26.8 Å². The fourth-order valence-electron chi connectivity index (χ4n) is 1.58. The van der Waals surface area contributed by atoms with E-state index in [4.69, 9.17) is 5.84 Å². The lowest BCUT2D eigenvalue weighted by molar-refractivity contribution is -0.385. The molecule has 9 nitrogen and oxygen atoms in total. The number of hydrogen-bond donors (Lipinski definition) is 3. The number of nitrogen functional groups attached to an aromatic ring is 1. The number of nitro groups is 1. The molecule has 1 heterocycles. The van der Waals surface area contributed by atoms with E-state index in [1.54, 1.807) is 6.92 Å². The minimum Gasteiger partial charge on any atom is -0.363 e. The Hall–Kier alpha value is -2.00. The Bertz CT molecular complexity index is 478. The molecule has 0 aromatic carbocycles. The molecule has 0 bridgehead atoms. The number of hydrazine groups is 1. The van der Waals surface area contributed by atoms with E-state index >= 15 is 0 Å². The summed E-state index contributed by atoms with van der Waals surface area (Å²) < 4.78 is 0. The highest BCUT2D eigenvalue weighted by atomic mass is 16.6. The topological polar surface area (TPSA) is 122 Å². The van der Waals surface area contributed by atoms with E-state index in [9.17, 15) is 10.1 Å². The van der Waals surface area contributed by atoms with E-state index in [1.807, 2.05) is 7.05 Å². The Kier molecular flexibility index (Phi) is 5.59. The van der Waals surface area contributed by atoms with Crippen molar-refractivity contribution >= 4 is 17.5 Å². The molecule has 0 radical (unpaired) electrons. The van der Waals surface area contributed by atoms with Crippen molar-refractivity contribution in [2.75, 3.05) is 30.9 Å². The van der Waals surface area contributed by atoms with Gasteiger partial charge in [0.2, 0.25) is 11.8 Å². The van der Waals surface area contributed by atoms with Gasteiger partial charge in [-0.1, -0.05) is 0 Å². The van der Waals surface area contributed by atoms with Gasteiger partial charge < -0.3 is 10.2 Å². The molecule has 112 valence electrons. The van der Waals surface area contributed by atoms with Crippen molar-refractivity contribution in [1.29, 1.82) is 0 Å². The minimum absolute atomic E-state index is 0.129. The van der Waals surface area contributed by atoms with Crippen molar-refractivity contribution in [1.82, 2.24) is 14.9 Å². The summed E-state index contributed by atoms with van der Waals surface area (Å²) in [5.74, 6) is 5.57. The monoisotopic (exact) mass is 283 g/mol. The summed E-state index contributed by atoms with van der Waals surface area (Å²) in [4.78, 5) is 20.6. The summed E-state index contributed by atoms with van der Waals surface area (Å²) in [5, 5.41) is 14.0. The van der Waals surface area contributed by atoms with E-state index in [0.717, 1.165) is 6.54 Å². The van der Waals surface area contributed by atoms with Crippen LogP contribution in [-0.2, 0) is 0 Å². The first-order valence-electron chi connectivity index (χ1n) is 6.30. The van der Waals surface area contributed by atoms with Crippen LogP contribution in [0.25, 0.3) is 0 Å². The van der Waals surface area contributed by atoms with Crippen LogP contribution in [0.4, 0.5) is 17.5 Å². The number of hydrogen-bond acceptors (Lipinski definition) is 8. The number of rotatable bonds is 7. The molecule has 1 aromatic rings. The lowest BCUT2D eigenvalue weighted by Crippen LogP contribution is -2.31. The van der Waals surface area contributed by atoms with Gasteiger partial charge >= 0.3 is 5.69 Å². The van der Waals surface area contributed by atoms with Gasteiger partial charge in [0.1, 0.15) is 5.69 Å². The highest BCUT2D eigenvalue weighted by Gasteiger charge is 2.21. The van der Waals surface area contributed by atoms with Crippen LogP contribution in [-0.4, -0.2) is 46.0 Å². The van der Waals surface area contributed by atoms with Gasteiger partial charge in [0, 0.05) is 19.1 Å². The van der Waals surface area contributed by atoms with Gasteiger partial charge in [-0.15, -0.1) is 0 Å². The van der Waals surface area contributed by atoms with Gasteiger partial charge in [0.15, 0.2) is 0 Å². The van der Waals surface area contributed by atoms with Crippen LogP contribution in [0.2, 0.25) is 0 Å². The summed E-state index contributed by atoms with van der Waals surface area (Å²) in [5.41, 5.74) is 2.43. The average Bonchev–Trinajstić information content (AvgIpc) is 2.37. The van der Waals surface area contributed by atoms with Gasteiger partial charge in [-0.25, -0.2) is 10.8 Å². The molecule has 4 N–H and O–H groups in total. The molecule has 0 saturated heterocycles. The van der Waals surface area contributed by atoms with E-state index < -0.39 is 4.92 Å². The molecule has 1 aromatic heterocycles.